The lowest BCUT2D eigenvalue weighted by Crippen LogP contribution is -2.43. The Morgan fingerprint density at radius 1 is 0.913 bits per heavy atom. The van der Waals surface area contributed by atoms with Gasteiger partial charge in [0.25, 0.3) is 0 Å². The molecule has 134 valence electrons. The Morgan fingerprint density at radius 3 is 2.04 bits per heavy atom. The lowest BCUT2D eigenvalue weighted by atomic mass is 10.1. The van der Waals surface area contributed by atoms with Gasteiger partial charge in [-0.15, -0.1) is 0 Å². The normalized spacial score (nSPS) is 15.2. The number of nitrogens with zero attached hydrogens (tertiary/aromatic N) is 1. The maximum atomic E-state index is 11.9. The number of carbonyl (C=O) groups is 2. The lowest BCUT2D eigenvalue weighted by Gasteiger charge is -2.26. The van der Waals surface area contributed by atoms with Gasteiger partial charge in [-0.1, -0.05) is 12.8 Å². The molecule has 1 saturated heterocycles. The Bertz CT molecular complexity index is 361. The van der Waals surface area contributed by atoms with Crippen molar-refractivity contribution in [3.63, 3.8) is 0 Å². The maximum absolute atomic E-state index is 11.9. The van der Waals surface area contributed by atoms with Crippen LogP contribution in [0.2, 0.25) is 0 Å². The minimum atomic E-state index is -0.448. The van der Waals surface area contributed by atoms with E-state index in [0.29, 0.717) is 6.54 Å². The number of piperidine rings is 1. The number of hydrogen-bond donors (Lipinski definition) is 2. The van der Waals surface area contributed by atoms with E-state index in [1.807, 2.05) is 25.7 Å². The van der Waals surface area contributed by atoms with Gasteiger partial charge in [-0.2, -0.15) is 0 Å². The fourth-order valence-electron chi connectivity index (χ4n) is 2.51. The average Bonchev–Trinajstić information content (AvgIpc) is 2.48. The molecule has 0 aliphatic carbocycles. The first kappa shape index (κ1) is 19.6. The van der Waals surface area contributed by atoms with Gasteiger partial charge in [-0.25, -0.2) is 9.59 Å². The van der Waals surface area contributed by atoms with Crippen LogP contribution in [0, 0.1) is 0 Å². The van der Waals surface area contributed by atoms with Crippen molar-refractivity contribution in [3.05, 3.63) is 0 Å². The number of urea groups is 1. The van der Waals surface area contributed by atoms with Crippen LogP contribution in [0.15, 0.2) is 0 Å². The number of likely N-dealkylation sites (tertiary alicyclic amines) is 1. The summed E-state index contributed by atoms with van der Waals surface area (Å²) in [5.74, 6) is 0. The molecular formula is C17H33N3O3. The second kappa shape index (κ2) is 10.3. The summed E-state index contributed by atoms with van der Waals surface area (Å²) in [6.07, 6.45) is 7.13. The van der Waals surface area contributed by atoms with Crippen LogP contribution < -0.4 is 10.6 Å². The summed E-state index contributed by atoms with van der Waals surface area (Å²) in [4.78, 5) is 25.2. The number of unbranched alkanes of at least 4 members (excludes halogenated alkanes) is 3. The van der Waals surface area contributed by atoms with E-state index in [9.17, 15) is 9.59 Å². The Balaban J connectivity index is 1.91. The largest absolute Gasteiger partial charge is 0.444 e. The van der Waals surface area contributed by atoms with Crippen LogP contribution in [-0.4, -0.2) is 48.8 Å². The monoisotopic (exact) mass is 327 g/mol. The molecule has 1 aliphatic heterocycles. The van der Waals surface area contributed by atoms with E-state index in [1.54, 1.807) is 0 Å². The molecule has 0 radical (unpaired) electrons. The van der Waals surface area contributed by atoms with Crippen LogP contribution in [0.3, 0.4) is 0 Å². The highest BCUT2D eigenvalue weighted by Gasteiger charge is 2.16. The third-order valence-electron chi connectivity index (χ3n) is 3.69. The van der Waals surface area contributed by atoms with Crippen LogP contribution in [0.1, 0.15) is 65.7 Å². The van der Waals surface area contributed by atoms with Crippen LogP contribution >= 0.6 is 0 Å². The van der Waals surface area contributed by atoms with E-state index in [4.69, 9.17) is 4.74 Å². The first-order valence-electron chi connectivity index (χ1n) is 8.88. The number of alkyl carbamates (subject to hydrolysis) is 1. The summed E-state index contributed by atoms with van der Waals surface area (Å²) in [6.45, 7) is 8.70. The van der Waals surface area contributed by atoms with Gasteiger partial charge in [0.15, 0.2) is 0 Å². The molecular weight excluding hydrogens is 294 g/mol. The predicted octanol–water partition coefficient (Wildman–Crippen LogP) is 3.27. The fourth-order valence-corrected chi connectivity index (χ4v) is 2.51. The van der Waals surface area contributed by atoms with Crippen molar-refractivity contribution in [2.45, 2.75) is 71.3 Å². The molecule has 0 unspecified atom stereocenters. The Labute approximate surface area is 140 Å². The molecule has 0 bridgehead atoms. The SMILES string of the molecule is CC(C)(C)OC(=O)NCCCCCCNC(=O)N1CCCCC1. The molecule has 0 aromatic heterocycles. The second-order valence-electron chi connectivity index (χ2n) is 7.12. The zero-order valence-corrected chi connectivity index (χ0v) is 15.0. The Kier molecular flexibility index (Phi) is 8.81. The van der Waals surface area contributed by atoms with Gasteiger partial charge < -0.3 is 20.3 Å². The van der Waals surface area contributed by atoms with E-state index in [2.05, 4.69) is 10.6 Å². The van der Waals surface area contributed by atoms with Crippen LogP contribution in [0.4, 0.5) is 9.59 Å². The van der Waals surface area contributed by atoms with Crippen molar-refractivity contribution in [3.8, 4) is 0 Å². The summed E-state index contributed by atoms with van der Waals surface area (Å²) < 4.78 is 5.16. The molecule has 3 amide bonds. The number of carbonyl (C=O) groups excluding carboxylic acids is 2. The lowest BCUT2D eigenvalue weighted by molar-refractivity contribution is 0.0527. The summed E-state index contributed by atoms with van der Waals surface area (Å²) in [7, 11) is 0. The van der Waals surface area contributed by atoms with Crippen LogP contribution in [-0.2, 0) is 4.74 Å². The number of hydrogen-bond acceptors (Lipinski definition) is 3. The molecule has 2 N–H and O–H groups in total. The minimum Gasteiger partial charge on any atom is -0.444 e. The first-order valence-corrected chi connectivity index (χ1v) is 8.88. The topological polar surface area (TPSA) is 70.7 Å². The van der Waals surface area contributed by atoms with Crippen LogP contribution in [0.5, 0.6) is 0 Å². The zero-order valence-electron chi connectivity index (χ0n) is 15.0. The third kappa shape index (κ3) is 10.0. The zero-order chi connectivity index (χ0) is 17.1. The molecule has 1 fully saturated rings. The third-order valence-corrected chi connectivity index (χ3v) is 3.69. The molecule has 0 aromatic carbocycles. The van der Waals surface area contributed by atoms with Gasteiger partial charge in [0, 0.05) is 26.2 Å². The van der Waals surface area contributed by atoms with Gasteiger partial charge >= 0.3 is 12.1 Å². The van der Waals surface area contributed by atoms with E-state index in [1.165, 1.54) is 6.42 Å². The molecule has 6 heteroatoms. The summed E-state index contributed by atoms with van der Waals surface area (Å²) in [5, 5.41) is 5.74. The van der Waals surface area contributed by atoms with E-state index >= 15 is 0 Å². The predicted molar refractivity (Wildman–Crippen MR) is 91.5 cm³/mol. The summed E-state index contributed by atoms with van der Waals surface area (Å²) in [6, 6.07) is 0.0799. The standard InChI is InChI=1S/C17H33N3O3/c1-17(2,3)23-16(22)19-12-8-5-4-7-11-18-15(21)20-13-9-6-10-14-20/h4-14H2,1-3H3,(H,18,21)(H,19,22). The molecule has 23 heavy (non-hydrogen) atoms. The number of amides is 3. The van der Waals surface area contributed by atoms with Gasteiger partial charge in [-0.05, 0) is 52.9 Å². The molecule has 1 heterocycles. The Morgan fingerprint density at radius 2 is 1.48 bits per heavy atom. The van der Waals surface area contributed by atoms with Gasteiger partial charge in [0.2, 0.25) is 0 Å². The summed E-state index contributed by atoms with van der Waals surface area (Å²) >= 11 is 0. The molecule has 6 nitrogen and oxygen atoms in total. The molecule has 0 spiro atoms. The average molecular weight is 327 g/mol. The number of ether oxygens (including phenoxy) is 1. The van der Waals surface area contributed by atoms with Crippen molar-refractivity contribution in [2.75, 3.05) is 26.2 Å². The highest BCUT2D eigenvalue weighted by atomic mass is 16.6. The van der Waals surface area contributed by atoms with Crippen molar-refractivity contribution in [2.24, 2.45) is 0 Å². The molecule has 1 rings (SSSR count). The van der Waals surface area contributed by atoms with E-state index in [0.717, 1.165) is 58.2 Å². The van der Waals surface area contributed by atoms with Gasteiger partial charge in [-0.3, -0.25) is 0 Å². The second-order valence-corrected chi connectivity index (χ2v) is 7.12. The number of nitrogens with one attached hydrogen (secondary N) is 2. The molecule has 0 atom stereocenters. The van der Waals surface area contributed by atoms with Crippen LogP contribution in [0.25, 0.3) is 0 Å². The van der Waals surface area contributed by atoms with E-state index < -0.39 is 5.60 Å². The molecule has 0 aromatic rings. The smallest absolute Gasteiger partial charge is 0.407 e. The quantitative estimate of drug-likeness (QED) is 0.705. The van der Waals surface area contributed by atoms with Gasteiger partial charge in [0.1, 0.15) is 5.60 Å². The number of rotatable bonds is 7. The maximum Gasteiger partial charge on any atom is 0.407 e. The first-order chi connectivity index (χ1) is 10.9. The van der Waals surface area contributed by atoms with Crippen molar-refractivity contribution >= 4 is 12.1 Å². The molecule has 0 saturated carbocycles. The highest BCUT2D eigenvalue weighted by Crippen LogP contribution is 2.08. The van der Waals surface area contributed by atoms with Crippen molar-refractivity contribution < 1.29 is 14.3 Å². The Hall–Kier alpha value is -1.46. The van der Waals surface area contributed by atoms with E-state index in [-0.39, 0.29) is 12.1 Å². The van der Waals surface area contributed by atoms with Gasteiger partial charge in [0.05, 0.1) is 0 Å². The van der Waals surface area contributed by atoms with Crippen molar-refractivity contribution in [1.29, 1.82) is 0 Å². The fraction of sp³-hybridized carbons (Fsp3) is 0.882. The van der Waals surface area contributed by atoms with Crippen molar-refractivity contribution in [1.82, 2.24) is 15.5 Å². The minimum absolute atomic E-state index is 0.0799. The highest BCUT2D eigenvalue weighted by molar-refractivity contribution is 5.74. The molecule has 1 aliphatic rings. The summed E-state index contributed by atoms with van der Waals surface area (Å²) in [5.41, 5.74) is -0.448.